The third-order valence-corrected chi connectivity index (χ3v) is 4.93. The molecule has 1 aromatic carbocycles. The maximum absolute atomic E-state index is 6.11. The summed E-state index contributed by atoms with van der Waals surface area (Å²) < 4.78 is 6.11. The summed E-state index contributed by atoms with van der Waals surface area (Å²) in [7, 11) is 0. The largest absolute Gasteiger partial charge is 0.369 e. The first-order chi connectivity index (χ1) is 8.42. The Morgan fingerprint density at radius 2 is 1.82 bits per heavy atom. The zero-order valence-electron chi connectivity index (χ0n) is 9.96. The van der Waals surface area contributed by atoms with Gasteiger partial charge in [-0.15, -0.1) is 0 Å². The summed E-state index contributed by atoms with van der Waals surface area (Å²) in [6.07, 6.45) is 8.06. The summed E-state index contributed by atoms with van der Waals surface area (Å²) in [5.41, 5.74) is 1.29. The van der Waals surface area contributed by atoms with Gasteiger partial charge in [-0.3, -0.25) is 0 Å². The van der Waals surface area contributed by atoms with Gasteiger partial charge >= 0.3 is 0 Å². The monoisotopic (exact) mass is 226 g/mol. The summed E-state index contributed by atoms with van der Waals surface area (Å²) in [6.45, 7) is 0.760. The van der Waals surface area contributed by atoms with E-state index in [2.05, 4.69) is 42.5 Å². The second-order valence-electron chi connectivity index (χ2n) is 5.79. The SMILES string of the molecule is C1=CC2C3CC(C3)C2C1OCc1ccccc1. The van der Waals surface area contributed by atoms with Crippen LogP contribution in [0, 0.1) is 23.7 Å². The lowest BCUT2D eigenvalue weighted by Crippen LogP contribution is -2.24. The lowest BCUT2D eigenvalue weighted by Gasteiger charge is -2.27. The lowest BCUT2D eigenvalue weighted by molar-refractivity contribution is 0.0243. The van der Waals surface area contributed by atoms with Gasteiger partial charge in [0.2, 0.25) is 0 Å². The Bertz CT molecular complexity index is 430. The Kier molecular flexibility index (Phi) is 2.16. The number of allylic oxidation sites excluding steroid dienone is 1. The molecule has 1 nitrogen and oxygen atoms in total. The van der Waals surface area contributed by atoms with Gasteiger partial charge in [-0.05, 0) is 42.1 Å². The van der Waals surface area contributed by atoms with E-state index in [1.165, 1.54) is 18.4 Å². The molecule has 4 aliphatic carbocycles. The summed E-state index contributed by atoms with van der Waals surface area (Å²) >= 11 is 0. The molecule has 0 N–H and O–H groups in total. The van der Waals surface area contributed by atoms with E-state index in [9.17, 15) is 0 Å². The molecule has 2 bridgehead atoms. The molecule has 0 aliphatic heterocycles. The van der Waals surface area contributed by atoms with Gasteiger partial charge in [-0.25, -0.2) is 0 Å². The van der Waals surface area contributed by atoms with Gasteiger partial charge < -0.3 is 4.74 Å². The fraction of sp³-hybridized carbons (Fsp3) is 0.500. The van der Waals surface area contributed by atoms with Crippen LogP contribution < -0.4 is 0 Å². The van der Waals surface area contributed by atoms with Crippen molar-refractivity contribution in [3.05, 3.63) is 48.0 Å². The summed E-state index contributed by atoms with van der Waals surface area (Å²) in [5.74, 6) is 3.61. The van der Waals surface area contributed by atoms with Gasteiger partial charge in [0.1, 0.15) is 0 Å². The molecule has 1 heteroatoms. The number of hydrogen-bond acceptors (Lipinski definition) is 1. The first-order valence-corrected chi connectivity index (χ1v) is 6.75. The van der Waals surface area contributed by atoms with E-state index in [4.69, 9.17) is 4.74 Å². The Morgan fingerprint density at radius 1 is 1.00 bits per heavy atom. The molecule has 3 saturated carbocycles. The maximum atomic E-state index is 6.11. The van der Waals surface area contributed by atoms with Crippen LogP contribution in [-0.2, 0) is 11.3 Å². The van der Waals surface area contributed by atoms with Gasteiger partial charge in [0.15, 0.2) is 0 Å². The van der Waals surface area contributed by atoms with Gasteiger partial charge in [-0.2, -0.15) is 0 Å². The van der Waals surface area contributed by atoms with Crippen molar-refractivity contribution >= 4 is 0 Å². The van der Waals surface area contributed by atoms with Gasteiger partial charge in [0.25, 0.3) is 0 Å². The fourth-order valence-electron chi connectivity index (χ4n) is 4.04. The van der Waals surface area contributed by atoms with Crippen LogP contribution >= 0.6 is 0 Å². The molecule has 17 heavy (non-hydrogen) atoms. The molecule has 0 heterocycles. The predicted molar refractivity (Wildman–Crippen MR) is 67.4 cm³/mol. The molecule has 1 aromatic rings. The van der Waals surface area contributed by atoms with Crippen molar-refractivity contribution < 1.29 is 4.74 Å². The smallest absolute Gasteiger partial charge is 0.0797 e. The first kappa shape index (κ1) is 9.90. The van der Waals surface area contributed by atoms with Crippen LogP contribution in [0.1, 0.15) is 18.4 Å². The van der Waals surface area contributed by atoms with Gasteiger partial charge in [-0.1, -0.05) is 42.5 Å². The van der Waals surface area contributed by atoms with E-state index in [0.717, 1.165) is 30.3 Å². The van der Waals surface area contributed by atoms with Crippen LogP contribution in [0.25, 0.3) is 0 Å². The molecule has 0 spiro atoms. The standard InChI is InChI=1S/C16H18O/c1-2-4-11(5-3-1)10-17-15-7-6-14-12-8-13(9-12)16(14)15/h1-7,12-16H,8-10H2. The highest BCUT2D eigenvalue weighted by Gasteiger charge is 2.55. The van der Waals surface area contributed by atoms with Crippen LogP contribution in [0.2, 0.25) is 0 Å². The number of benzene rings is 1. The molecule has 0 aromatic heterocycles. The minimum Gasteiger partial charge on any atom is -0.369 e. The first-order valence-electron chi connectivity index (χ1n) is 6.75. The third-order valence-electron chi connectivity index (χ3n) is 4.93. The average molecular weight is 226 g/mol. The Labute approximate surface area is 102 Å². The van der Waals surface area contributed by atoms with Crippen LogP contribution in [0.4, 0.5) is 0 Å². The maximum Gasteiger partial charge on any atom is 0.0797 e. The molecule has 0 amide bonds. The molecule has 3 atom stereocenters. The lowest BCUT2D eigenvalue weighted by atomic mass is 9.80. The highest BCUT2D eigenvalue weighted by molar-refractivity contribution is 5.20. The van der Waals surface area contributed by atoms with Crippen molar-refractivity contribution in [2.45, 2.75) is 25.6 Å². The Balaban J connectivity index is 1.42. The average Bonchev–Trinajstić information content (AvgIpc) is 2.93. The van der Waals surface area contributed by atoms with Crippen LogP contribution in [0.3, 0.4) is 0 Å². The summed E-state index contributed by atoms with van der Waals surface area (Å²) in [4.78, 5) is 0. The van der Waals surface area contributed by atoms with Crippen LogP contribution in [0.5, 0.6) is 0 Å². The molecular weight excluding hydrogens is 208 g/mol. The molecule has 3 fully saturated rings. The van der Waals surface area contributed by atoms with Crippen molar-refractivity contribution in [1.82, 2.24) is 0 Å². The fourth-order valence-corrected chi connectivity index (χ4v) is 4.04. The van der Waals surface area contributed by atoms with Gasteiger partial charge in [0, 0.05) is 0 Å². The van der Waals surface area contributed by atoms with E-state index in [1.807, 2.05) is 0 Å². The molecule has 4 aliphatic rings. The zero-order chi connectivity index (χ0) is 11.2. The Morgan fingerprint density at radius 3 is 2.65 bits per heavy atom. The van der Waals surface area contributed by atoms with E-state index in [0.29, 0.717) is 6.10 Å². The minimum atomic E-state index is 0.387. The third kappa shape index (κ3) is 1.49. The molecular formula is C16H18O. The quantitative estimate of drug-likeness (QED) is 0.718. The minimum absolute atomic E-state index is 0.387. The van der Waals surface area contributed by atoms with Gasteiger partial charge in [0.05, 0.1) is 12.7 Å². The Hall–Kier alpha value is -1.08. The summed E-state index contributed by atoms with van der Waals surface area (Å²) in [5, 5.41) is 0. The molecule has 0 saturated heterocycles. The van der Waals surface area contributed by atoms with E-state index < -0.39 is 0 Å². The summed E-state index contributed by atoms with van der Waals surface area (Å²) in [6, 6.07) is 10.5. The number of rotatable bonds is 3. The van der Waals surface area contributed by atoms with E-state index >= 15 is 0 Å². The molecule has 0 radical (unpaired) electrons. The number of ether oxygens (including phenoxy) is 1. The predicted octanol–water partition coefficient (Wildman–Crippen LogP) is 3.41. The van der Waals surface area contributed by atoms with Crippen molar-refractivity contribution in [3.8, 4) is 0 Å². The molecule has 88 valence electrons. The van der Waals surface area contributed by atoms with Crippen molar-refractivity contribution in [2.75, 3.05) is 0 Å². The second kappa shape index (κ2) is 3.71. The van der Waals surface area contributed by atoms with Crippen molar-refractivity contribution in [1.29, 1.82) is 0 Å². The number of hydrogen-bond donors (Lipinski definition) is 0. The zero-order valence-corrected chi connectivity index (χ0v) is 9.96. The highest BCUT2D eigenvalue weighted by Crippen LogP contribution is 2.60. The van der Waals surface area contributed by atoms with Crippen LogP contribution in [0.15, 0.2) is 42.5 Å². The van der Waals surface area contributed by atoms with E-state index in [-0.39, 0.29) is 0 Å². The topological polar surface area (TPSA) is 9.23 Å². The molecule has 3 unspecified atom stereocenters. The van der Waals surface area contributed by atoms with Crippen LogP contribution in [-0.4, -0.2) is 6.10 Å². The second-order valence-corrected chi connectivity index (χ2v) is 5.79. The van der Waals surface area contributed by atoms with E-state index in [1.54, 1.807) is 0 Å². The van der Waals surface area contributed by atoms with Crippen molar-refractivity contribution in [2.24, 2.45) is 23.7 Å². The molecule has 5 rings (SSSR count). The highest BCUT2D eigenvalue weighted by atomic mass is 16.5. The normalized spacial score (nSPS) is 41.3. The van der Waals surface area contributed by atoms with Crippen molar-refractivity contribution in [3.63, 3.8) is 0 Å².